The van der Waals surface area contributed by atoms with Crippen molar-refractivity contribution in [3.63, 3.8) is 0 Å². The van der Waals surface area contributed by atoms with Crippen molar-refractivity contribution in [3.8, 4) is 5.75 Å². The van der Waals surface area contributed by atoms with Crippen LogP contribution in [0.2, 0.25) is 0 Å². The lowest BCUT2D eigenvalue weighted by molar-refractivity contribution is -0.115. The molecule has 1 N–H and O–H groups in total. The average Bonchev–Trinajstić information content (AvgIpc) is 3.15. The topological polar surface area (TPSA) is 79.7 Å². The van der Waals surface area contributed by atoms with Crippen molar-refractivity contribution < 1.29 is 19.4 Å². The fourth-order valence-corrected chi connectivity index (χ4v) is 3.63. The van der Waals surface area contributed by atoms with E-state index in [1.165, 1.54) is 30.4 Å². The van der Waals surface area contributed by atoms with Crippen molar-refractivity contribution in [1.29, 1.82) is 0 Å². The standard InChI is InChI=1S/C21H20N2O4S/c1-3-15-8-4-6-10-18(15)23(14(2)24)21-22-16(13-28-21)12-27-20(26)17-9-5-7-11-19(17)25/h4-11,13,25H,3,12H2,1-2H3. The summed E-state index contributed by atoms with van der Waals surface area (Å²) < 4.78 is 5.24. The van der Waals surface area contributed by atoms with Gasteiger partial charge in [-0.25, -0.2) is 9.78 Å². The fourth-order valence-electron chi connectivity index (χ4n) is 2.76. The first-order valence-corrected chi connectivity index (χ1v) is 9.67. The van der Waals surface area contributed by atoms with Gasteiger partial charge >= 0.3 is 5.97 Å². The summed E-state index contributed by atoms with van der Waals surface area (Å²) in [4.78, 5) is 30.4. The minimum Gasteiger partial charge on any atom is -0.507 e. The molecule has 2 aromatic carbocycles. The van der Waals surface area contributed by atoms with Crippen LogP contribution in [0.25, 0.3) is 0 Å². The van der Waals surface area contributed by atoms with Gasteiger partial charge in [0.1, 0.15) is 17.9 Å². The molecule has 0 saturated carbocycles. The molecule has 0 bridgehead atoms. The lowest BCUT2D eigenvalue weighted by Gasteiger charge is -2.20. The van der Waals surface area contributed by atoms with E-state index in [1.54, 1.807) is 22.4 Å². The Labute approximate surface area is 167 Å². The molecule has 0 atom stereocenters. The Kier molecular flexibility index (Phi) is 6.06. The second-order valence-electron chi connectivity index (χ2n) is 6.05. The molecule has 1 aromatic heterocycles. The van der Waals surface area contributed by atoms with Crippen molar-refractivity contribution in [2.75, 3.05) is 4.90 Å². The number of para-hydroxylation sites is 2. The zero-order chi connectivity index (χ0) is 20.1. The summed E-state index contributed by atoms with van der Waals surface area (Å²) in [7, 11) is 0. The van der Waals surface area contributed by atoms with Gasteiger partial charge in [-0.2, -0.15) is 0 Å². The SMILES string of the molecule is CCc1ccccc1N(C(C)=O)c1nc(COC(=O)c2ccccc2O)cs1. The van der Waals surface area contributed by atoms with Crippen molar-refractivity contribution in [3.05, 3.63) is 70.7 Å². The van der Waals surface area contributed by atoms with Crippen LogP contribution in [0.1, 0.15) is 35.5 Å². The van der Waals surface area contributed by atoms with Gasteiger partial charge in [0.15, 0.2) is 5.13 Å². The maximum absolute atomic E-state index is 12.3. The monoisotopic (exact) mass is 396 g/mol. The van der Waals surface area contributed by atoms with Gasteiger partial charge < -0.3 is 9.84 Å². The van der Waals surface area contributed by atoms with Crippen LogP contribution in [-0.4, -0.2) is 22.0 Å². The van der Waals surface area contributed by atoms with Gasteiger partial charge in [0.25, 0.3) is 0 Å². The highest BCUT2D eigenvalue weighted by Gasteiger charge is 2.20. The quantitative estimate of drug-likeness (QED) is 0.623. The van der Waals surface area contributed by atoms with Crippen LogP contribution in [0.15, 0.2) is 53.9 Å². The summed E-state index contributed by atoms with van der Waals surface area (Å²) in [6.07, 6.45) is 0.788. The number of rotatable bonds is 6. The van der Waals surface area contributed by atoms with Crippen LogP contribution in [0.3, 0.4) is 0 Å². The predicted molar refractivity (Wildman–Crippen MR) is 108 cm³/mol. The number of aromatic nitrogens is 1. The maximum atomic E-state index is 12.3. The van der Waals surface area contributed by atoms with E-state index in [0.717, 1.165) is 17.7 Å². The molecule has 0 saturated heterocycles. The van der Waals surface area contributed by atoms with E-state index in [1.807, 2.05) is 31.2 Å². The van der Waals surface area contributed by atoms with E-state index in [-0.39, 0.29) is 23.8 Å². The zero-order valence-electron chi connectivity index (χ0n) is 15.6. The minimum absolute atomic E-state index is 0.0508. The number of aryl methyl sites for hydroxylation is 1. The van der Waals surface area contributed by atoms with Gasteiger partial charge in [-0.15, -0.1) is 11.3 Å². The number of hydrogen-bond donors (Lipinski definition) is 1. The number of phenols is 1. The predicted octanol–water partition coefficient (Wildman–Crippen LogP) is 4.45. The number of anilines is 2. The molecule has 7 heteroatoms. The summed E-state index contributed by atoms with van der Waals surface area (Å²) >= 11 is 1.30. The van der Waals surface area contributed by atoms with Crippen LogP contribution in [0.5, 0.6) is 5.75 Å². The van der Waals surface area contributed by atoms with Crippen LogP contribution in [0.4, 0.5) is 10.8 Å². The molecule has 3 rings (SSSR count). The van der Waals surface area contributed by atoms with E-state index in [2.05, 4.69) is 4.98 Å². The number of carbonyl (C=O) groups is 2. The summed E-state index contributed by atoms with van der Waals surface area (Å²) in [5.74, 6) is -0.911. The number of hydrogen-bond acceptors (Lipinski definition) is 6. The van der Waals surface area contributed by atoms with Gasteiger partial charge in [0, 0.05) is 12.3 Å². The molecule has 0 radical (unpaired) electrons. The van der Waals surface area contributed by atoms with Crippen molar-refractivity contribution >= 4 is 34.0 Å². The highest BCUT2D eigenvalue weighted by Crippen LogP contribution is 2.32. The number of aromatic hydroxyl groups is 1. The summed E-state index contributed by atoms with van der Waals surface area (Å²) in [5, 5.41) is 12.0. The number of carbonyl (C=O) groups excluding carboxylic acids is 2. The van der Waals surface area contributed by atoms with E-state index < -0.39 is 5.97 Å². The summed E-state index contributed by atoms with van der Waals surface area (Å²) in [6, 6.07) is 13.9. The minimum atomic E-state index is -0.632. The molecule has 144 valence electrons. The number of esters is 1. The molecule has 0 aliphatic carbocycles. The molecule has 0 aliphatic rings. The van der Waals surface area contributed by atoms with E-state index >= 15 is 0 Å². The third kappa shape index (κ3) is 4.20. The third-order valence-electron chi connectivity index (χ3n) is 4.13. The molecule has 0 spiro atoms. The first-order chi connectivity index (χ1) is 13.5. The Balaban J connectivity index is 1.77. The van der Waals surface area contributed by atoms with Gasteiger partial charge in [0.05, 0.1) is 11.4 Å². The Morgan fingerprint density at radius 2 is 1.86 bits per heavy atom. The Bertz CT molecular complexity index is 999. The highest BCUT2D eigenvalue weighted by molar-refractivity contribution is 7.14. The maximum Gasteiger partial charge on any atom is 0.342 e. The molecule has 1 amide bonds. The van der Waals surface area contributed by atoms with Gasteiger partial charge in [-0.1, -0.05) is 37.3 Å². The van der Waals surface area contributed by atoms with Gasteiger partial charge in [-0.3, -0.25) is 9.69 Å². The van der Waals surface area contributed by atoms with Crippen LogP contribution >= 0.6 is 11.3 Å². The first kappa shape index (κ1) is 19.6. The van der Waals surface area contributed by atoms with Crippen LogP contribution in [0, 0.1) is 0 Å². The summed E-state index contributed by atoms with van der Waals surface area (Å²) in [6.45, 7) is 3.47. The Hall–Kier alpha value is -3.19. The highest BCUT2D eigenvalue weighted by atomic mass is 32.1. The van der Waals surface area contributed by atoms with Crippen molar-refractivity contribution in [2.24, 2.45) is 0 Å². The van der Waals surface area contributed by atoms with Crippen LogP contribution < -0.4 is 4.90 Å². The van der Waals surface area contributed by atoms with Crippen LogP contribution in [-0.2, 0) is 22.6 Å². The zero-order valence-corrected chi connectivity index (χ0v) is 16.4. The molecule has 0 aliphatic heterocycles. The van der Waals surface area contributed by atoms with Gasteiger partial charge in [-0.05, 0) is 30.2 Å². The molecule has 1 heterocycles. The van der Waals surface area contributed by atoms with E-state index in [0.29, 0.717) is 10.8 Å². The number of thiazole rings is 1. The molecule has 6 nitrogen and oxygen atoms in total. The normalized spacial score (nSPS) is 10.5. The number of nitrogens with zero attached hydrogens (tertiary/aromatic N) is 2. The molecule has 3 aromatic rings. The molecular formula is C21H20N2O4S. The fraction of sp³-hybridized carbons (Fsp3) is 0.190. The van der Waals surface area contributed by atoms with Crippen molar-refractivity contribution in [1.82, 2.24) is 4.98 Å². The molecule has 0 unspecified atom stereocenters. The molecule has 28 heavy (non-hydrogen) atoms. The lowest BCUT2D eigenvalue weighted by atomic mass is 10.1. The molecule has 0 fully saturated rings. The number of amides is 1. The number of phenolic OH excluding ortho intramolecular Hbond substituents is 1. The average molecular weight is 396 g/mol. The number of benzene rings is 2. The summed E-state index contributed by atoms with van der Waals surface area (Å²) in [5.41, 5.74) is 2.47. The van der Waals surface area contributed by atoms with Gasteiger partial charge in [0.2, 0.25) is 5.91 Å². The van der Waals surface area contributed by atoms with E-state index in [9.17, 15) is 14.7 Å². The van der Waals surface area contributed by atoms with E-state index in [4.69, 9.17) is 4.74 Å². The Morgan fingerprint density at radius 1 is 1.14 bits per heavy atom. The third-order valence-corrected chi connectivity index (χ3v) is 5.01. The smallest absolute Gasteiger partial charge is 0.342 e. The first-order valence-electron chi connectivity index (χ1n) is 8.79. The second kappa shape index (κ2) is 8.67. The second-order valence-corrected chi connectivity index (χ2v) is 6.89. The number of ether oxygens (including phenoxy) is 1. The largest absolute Gasteiger partial charge is 0.507 e. The molecular weight excluding hydrogens is 376 g/mol. The van der Waals surface area contributed by atoms with Crippen molar-refractivity contribution in [2.45, 2.75) is 26.9 Å². The Morgan fingerprint density at radius 3 is 2.57 bits per heavy atom. The lowest BCUT2D eigenvalue weighted by Crippen LogP contribution is -2.23.